The number of hydrogen-bond acceptors (Lipinski definition) is 5. The SMILES string of the molecule is CCCN1C(=O)C(O)=C(C(=O)CC(C)C)C1c1ccc(OC)c(OCc2ccccc2)c1. The summed E-state index contributed by atoms with van der Waals surface area (Å²) in [6, 6.07) is 14.5. The van der Waals surface area contributed by atoms with Crippen molar-refractivity contribution in [2.24, 2.45) is 5.92 Å². The highest BCUT2D eigenvalue weighted by Crippen LogP contribution is 2.41. The van der Waals surface area contributed by atoms with Crippen molar-refractivity contribution in [2.75, 3.05) is 13.7 Å². The predicted octanol–water partition coefficient (Wildman–Crippen LogP) is 4.99. The van der Waals surface area contributed by atoms with Gasteiger partial charge in [0.25, 0.3) is 5.91 Å². The number of carbonyl (C=O) groups is 2. The van der Waals surface area contributed by atoms with Gasteiger partial charge in [-0.15, -0.1) is 0 Å². The largest absolute Gasteiger partial charge is 0.503 e. The molecule has 6 heteroatoms. The first-order chi connectivity index (χ1) is 15.4. The molecule has 1 N–H and O–H groups in total. The van der Waals surface area contributed by atoms with Crippen molar-refractivity contribution in [3.05, 3.63) is 71.0 Å². The number of rotatable bonds is 10. The van der Waals surface area contributed by atoms with Crippen LogP contribution in [0.5, 0.6) is 11.5 Å². The van der Waals surface area contributed by atoms with Crippen LogP contribution in [0, 0.1) is 5.92 Å². The third kappa shape index (κ3) is 4.96. The number of ketones is 1. The number of aliphatic hydroxyl groups is 1. The maximum Gasteiger partial charge on any atom is 0.290 e. The number of amides is 1. The van der Waals surface area contributed by atoms with E-state index in [4.69, 9.17) is 9.47 Å². The molecular formula is C26H31NO5. The molecule has 0 bridgehead atoms. The summed E-state index contributed by atoms with van der Waals surface area (Å²) in [5.74, 6) is 0.0127. The van der Waals surface area contributed by atoms with Crippen LogP contribution in [0.4, 0.5) is 0 Å². The molecule has 0 saturated carbocycles. The zero-order chi connectivity index (χ0) is 23.3. The van der Waals surface area contributed by atoms with E-state index >= 15 is 0 Å². The molecule has 0 aromatic heterocycles. The van der Waals surface area contributed by atoms with Crippen LogP contribution in [-0.2, 0) is 16.2 Å². The number of Topliss-reactive ketones (excluding diaryl/α,β-unsaturated/α-hetero) is 1. The van der Waals surface area contributed by atoms with E-state index in [-0.39, 0.29) is 23.7 Å². The number of benzene rings is 2. The molecular weight excluding hydrogens is 406 g/mol. The van der Waals surface area contributed by atoms with Crippen molar-refractivity contribution in [2.45, 2.75) is 46.3 Å². The van der Waals surface area contributed by atoms with Gasteiger partial charge < -0.3 is 19.5 Å². The number of ether oxygens (including phenoxy) is 2. The van der Waals surface area contributed by atoms with Crippen molar-refractivity contribution >= 4 is 11.7 Å². The molecule has 0 radical (unpaired) electrons. The average molecular weight is 438 g/mol. The van der Waals surface area contributed by atoms with Crippen LogP contribution in [0.15, 0.2) is 59.9 Å². The number of carbonyl (C=O) groups excluding carboxylic acids is 2. The quantitative estimate of drug-likeness (QED) is 0.566. The van der Waals surface area contributed by atoms with Crippen LogP contribution < -0.4 is 9.47 Å². The molecule has 6 nitrogen and oxygen atoms in total. The summed E-state index contributed by atoms with van der Waals surface area (Å²) in [6.07, 6.45) is 0.964. The first-order valence-corrected chi connectivity index (χ1v) is 11.0. The molecule has 1 unspecified atom stereocenters. The van der Waals surface area contributed by atoms with Crippen molar-refractivity contribution in [1.29, 1.82) is 0 Å². The number of aliphatic hydroxyl groups excluding tert-OH is 1. The maximum atomic E-state index is 13.0. The lowest BCUT2D eigenvalue weighted by Crippen LogP contribution is -2.32. The zero-order valence-electron chi connectivity index (χ0n) is 19.1. The minimum absolute atomic E-state index is 0.111. The van der Waals surface area contributed by atoms with E-state index in [1.807, 2.05) is 57.2 Å². The van der Waals surface area contributed by atoms with Gasteiger partial charge in [-0.2, -0.15) is 0 Å². The van der Waals surface area contributed by atoms with E-state index in [1.165, 1.54) is 0 Å². The third-order valence-electron chi connectivity index (χ3n) is 5.40. The molecule has 0 aliphatic carbocycles. The Morgan fingerprint density at radius 3 is 2.47 bits per heavy atom. The van der Waals surface area contributed by atoms with Gasteiger partial charge in [0.05, 0.1) is 18.7 Å². The molecule has 1 amide bonds. The van der Waals surface area contributed by atoms with Gasteiger partial charge in [0.15, 0.2) is 23.0 Å². The van der Waals surface area contributed by atoms with Crippen molar-refractivity contribution < 1.29 is 24.2 Å². The highest BCUT2D eigenvalue weighted by molar-refractivity contribution is 6.09. The van der Waals surface area contributed by atoms with Crippen LogP contribution in [0.25, 0.3) is 0 Å². The molecule has 32 heavy (non-hydrogen) atoms. The minimum Gasteiger partial charge on any atom is -0.503 e. The fourth-order valence-electron chi connectivity index (χ4n) is 3.95. The fraction of sp³-hybridized carbons (Fsp3) is 0.385. The highest BCUT2D eigenvalue weighted by Gasteiger charge is 2.43. The van der Waals surface area contributed by atoms with Crippen LogP contribution in [-0.4, -0.2) is 35.4 Å². The number of methoxy groups -OCH3 is 1. The Hall–Kier alpha value is -3.28. The Morgan fingerprint density at radius 1 is 1.12 bits per heavy atom. The van der Waals surface area contributed by atoms with Crippen molar-refractivity contribution in [3.8, 4) is 11.5 Å². The molecule has 3 rings (SSSR count). The van der Waals surface area contributed by atoms with E-state index < -0.39 is 17.7 Å². The van der Waals surface area contributed by atoms with E-state index in [0.29, 0.717) is 36.6 Å². The molecule has 1 atom stereocenters. The normalized spacial score (nSPS) is 16.1. The second kappa shape index (κ2) is 10.4. The Balaban J connectivity index is 1.99. The Kier molecular flexibility index (Phi) is 7.57. The van der Waals surface area contributed by atoms with E-state index in [9.17, 15) is 14.7 Å². The smallest absolute Gasteiger partial charge is 0.290 e. The van der Waals surface area contributed by atoms with Gasteiger partial charge in [-0.1, -0.05) is 57.2 Å². The monoisotopic (exact) mass is 437 g/mol. The second-order valence-electron chi connectivity index (χ2n) is 8.37. The predicted molar refractivity (Wildman–Crippen MR) is 123 cm³/mol. The van der Waals surface area contributed by atoms with E-state index in [1.54, 1.807) is 24.1 Å². The van der Waals surface area contributed by atoms with E-state index in [0.717, 1.165) is 5.56 Å². The first-order valence-electron chi connectivity index (χ1n) is 11.0. The van der Waals surface area contributed by atoms with Crippen LogP contribution in [0.1, 0.15) is 50.8 Å². The zero-order valence-corrected chi connectivity index (χ0v) is 19.1. The molecule has 170 valence electrons. The Morgan fingerprint density at radius 2 is 1.84 bits per heavy atom. The Labute approximate surface area is 189 Å². The second-order valence-corrected chi connectivity index (χ2v) is 8.37. The topological polar surface area (TPSA) is 76.1 Å². The van der Waals surface area contributed by atoms with Gasteiger partial charge in [0.1, 0.15) is 6.61 Å². The summed E-state index contributed by atoms with van der Waals surface area (Å²) < 4.78 is 11.5. The fourth-order valence-corrected chi connectivity index (χ4v) is 3.95. The lowest BCUT2D eigenvalue weighted by molar-refractivity contribution is -0.129. The first kappa shape index (κ1) is 23.4. The molecule has 0 spiro atoms. The molecule has 1 aliphatic rings. The van der Waals surface area contributed by atoms with Gasteiger partial charge >= 0.3 is 0 Å². The number of hydrogen-bond donors (Lipinski definition) is 1. The van der Waals surface area contributed by atoms with E-state index in [2.05, 4.69) is 0 Å². The van der Waals surface area contributed by atoms with Gasteiger partial charge in [0, 0.05) is 13.0 Å². The molecule has 0 saturated heterocycles. The standard InChI is InChI=1S/C26H31NO5/c1-5-13-27-24(23(25(29)26(27)30)20(28)14-17(2)3)19-11-12-21(31-4)22(15-19)32-16-18-9-7-6-8-10-18/h6-12,15,17,24,29H,5,13-14,16H2,1-4H3. The summed E-state index contributed by atoms with van der Waals surface area (Å²) in [6.45, 7) is 6.61. The minimum atomic E-state index is -0.654. The summed E-state index contributed by atoms with van der Waals surface area (Å²) in [4.78, 5) is 27.4. The summed E-state index contributed by atoms with van der Waals surface area (Å²) in [5.41, 5.74) is 1.87. The lowest BCUT2D eigenvalue weighted by Gasteiger charge is -2.27. The van der Waals surface area contributed by atoms with Crippen molar-refractivity contribution in [1.82, 2.24) is 4.90 Å². The Bertz CT molecular complexity index is 997. The molecule has 1 heterocycles. The van der Waals surface area contributed by atoms with Crippen LogP contribution in [0.3, 0.4) is 0 Å². The summed E-state index contributed by atoms with van der Waals surface area (Å²) in [7, 11) is 1.57. The average Bonchev–Trinajstić information content (AvgIpc) is 3.03. The molecule has 0 fully saturated rings. The maximum absolute atomic E-state index is 13.0. The lowest BCUT2D eigenvalue weighted by atomic mass is 9.92. The highest BCUT2D eigenvalue weighted by atomic mass is 16.5. The van der Waals surface area contributed by atoms with Gasteiger partial charge in [-0.3, -0.25) is 9.59 Å². The number of nitrogens with zero attached hydrogens (tertiary/aromatic N) is 1. The van der Waals surface area contributed by atoms with Crippen LogP contribution >= 0.6 is 0 Å². The van der Waals surface area contributed by atoms with Gasteiger partial charge in [-0.25, -0.2) is 0 Å². The molecule has 1 aliphatic heterocycles. The van der Waals surface area contributed by atoms with Crippen LogP contribution in [0.2, 0.25) is 0 Å². The third-order valence-corrected chi connectivity index (χ3v) is 5.40. The van der Waals surface area contributed by atoms with Gasteiger partial charge in [-0.05, 0) is 35.6 Å². The summed E-state index contributed by atoms with van der Waals surface area (Å²) >= 11 is 0. The molecule has 2 aromatic carbocycles. The molecule has 2 aromatic rings. The van der Waals surface area contributed by atoms with Gasteiger partial charge in [0.2, 0.25) is 0 Å². The summed E-state index contributed by atoms with van der Waals surface area (Å²) in [5, 5.41) is 10.6. The van der Waals surface area contributed by atoms with Crippen molar-refractivity contribution in [3.63, 3.8) is 0 Å².